The minimum atomic E-state index is -1.09. The SMILES string of the molecule is CCCCC(O)c1cc(O)ccc1C(=O)O. The van der Waals surface area contributed by atoms with Gasteiger partial charge in [-0.1, -0.05) is 19.8 Å². The van der Waals surface area contributed by atoms with Crippen LogP contribution in [0.5, 0.6) is 5.75 Å². The summed E-state index contributed by atoms with van der Waals surface area (Å²) in [5.41, 5.74) is 0.322. The number of hydrogen-bond acceptors (Lipinski definition) is 3. The number of phenolic OH excluding ortho intramolecular Hbond substituents is 1. The highest BCUT2D eigenvalue weighted by atomic mass is 16.4. The van der Waals surface area contributed by atoms with Crippen LogP contribution in [0.4, 0.5) is 0 Å². The largest absolute Gasteiger partial charge is 0.508 e. The van der Waals surface area contributed by atoms with Gasteiger partial charge in [0.2, 0.25) is 0 Å². The summed E-state index contributed by atoms with van der Waals surface area (Å²) in [4.78, 5) is 10.9. The van der Waals surface area contributed by atoms with Gasteiger partial charge in [-0.15, -0.1) is 0 Å². The van der Waals surface area contributed by atoms with Crippen LogP contribution in [0.1, 0.15) is 48.2 Å². The van der Waals surface area contributed by atoms with Crippen LogP contribution < -0.4 is 0 Å². The summed E-state index contributed by atoms with van der Waals surface area (Å²) in [6.45, 7) is 1.99. The van der Waals surface area contributed by atoms with Crippen molar-refractivity contribution in [3.05, 3.63) is 29.3 Å². The first-order chi connectivity index (χ1) is 7.56. The van der Waals surface area contributed by atoms with Gasteiger partial charge in [-0.3, -0.25) is 0 Å². The number of aliphatic hydroxyl groups is 1. The quantitative estimate of drug-likeness (QED) is 0.717. The lowest BCUT2D eigenvalue weighted by atomic mass is 9.98. The zero-order valence-corrected chi connectivity index (χ0v) is 9.18. The Morgan fingerprint density at radius 2 is 2.12 bits per heavy atom. The number of phenols is 1. The Balaban J connectivity index is 2.99. The highest BCUT2D eigenvalue weighted by Crippen LogP contribution is 2.26. The standard InChI is InChI=1S/C12H16O4/c1-2-3-4-11(14)10-7-8(13)5-6-9(10)12(15)16/h5-7,11,13-14H,2-4H2,1H3,(H,15,16). The molecule has 1 rings (SSSR count). The number of unbranched alkanes of at least 4 members (excludes halogenated alkanes) is 1. The molecule has 0 spiro atoms. The number of carbonyl (C=O) groups is 1. The van der Waals surface area contributed by atoms with Crippen molar-refractivity contribution in [2.75, 3.05) is 0 Å². The van der Waals surface area contributed by atoms with Crippen LogP contribution in [-0.4, -0.2) is 21.3 Å². The number of aromatic carboxylic acids is 1. The van der Waals surface area contributed by atoms with E-state index in [0.29, 0.717) is 6.42 Å². The lowest BCUT2D eigenvalue weighted by Crippen LogP contribution is -2.07. The van der Waals surface area contributed by atoms with E-state index >= 15 is 0 Å². The molecule has 3 N–H and O–H groups in total. The van der Waals surface area contributed by atoms with Crippen molar-refractivity contribution in [3.63, 3.8) is 0 Å². The van der Waals surface area contributed by atoms with Gasteiger partial charge in [-0.2, -0.15) is 0 Å². The van der Waals surface area contributed by atoms with Crippen molar-refractivity contribution in [2.45, 2.75) is 32.3 Å². The molecule has 1 aromatic rings. The van der Waals surface area contributed by atoms with Crippen molar-refractivity contribution < 1.29 is 20.1 Å². The number of rotatable bonds is 5. The summed E-state index contributed by atoms with van der Waals surface area (Å²) in [5.74, 6) is -1.12. The molecule has 0 saturated carbocycles. The highest BCUT2D eigenvalue weighted by Gasteiger charge is 2.17. The topological polar surface area (TPSA) is 77.8 Å². The van der Waals surface area contributed by atoms with Gasteiger partial charge in [0, 0.05) is 0 Å². The Hall–Kier alpha value is -1.55. The third-order valence-corrected chi connectivity index (χ3v) is 2.46. The van der Waals surface area contributed by atoms with Crippen molar-refractivity contribution >= 4 is 5.97 Å². The van der Waals surface area contributed by atoms with Crippen LogP contribution in [0.3, 0.4) is 0 Å². The number of aliphatic hydroxyl groups excluding tert-OH is 1. The number of carboxylic acid groups (broad SMARTS) is 1. The second-order valence-electron chi connectivity index (χ2n) is 3.73. The molecule has 0 fully saturated rings. The molecule has 1 unspecified atom stereocenters. The molecule has 0 aromatic heterocycles. The van der Waals surface area contributed by atoms with E-state index < -0.39 is 12.1 Å². The molecule has 0 bridgehead atoms. The highest BCUT2D eigenvalue weighted by molar-refractivity contribution is 5.89. The van der Waals surface area contributed by atoms with Gasteiger partial charge in [0.05, 0.1) is 11.7 Å². The molecule has 0 amide bonds. The predicted octanol–water partition coefficient (Wildman–Crippen LogP) is 2.31. The lowest BCUT2D eigenvalue weighted by molar-refractivity contribution is 0.0688. The van der Waals surface area contributed by atoms with Crippen molar-refractivity contribution in [3.8, 4) is 5.75 Å². The van der Waals surface area contributed by atoms with Gasteiger partial charge in [0.1, 0.15) is 5.75 Å². The Morgan fingerprint density at radius 1 is 1.44 bits per heavy atom. The van der Waals surface area contributed by atoms with Crippen LogP contribution in [-0.2, 0) is 0 Å². The number of aromatic hydroxyl groups is 1. The summed E-state index contributed by atoms with van der Waals surface area (Å²) in [6, 6.07) is 3.92. The fourth-order valence-corrected chi connectivity index (χ4v) is 1.57. The Bertz CT molecular complexity index is 373. The fourth-order valence-electron chi connectivity index (χ4n) is 1.57. The van der Waals surface area contributed by atoms with Gasteiger partial charge in [-0.25, -0.2) is 4.79 Å². The normalized spacial score (nSPS) is 12.4. The van der Waals surface area contributed by atoms with Gasteiger partial charge in [-0.05, 0) is 30.2 Å². The Labute approximate surface area is 94.2 Å². The molecule has 16 heavy (non-hydrogen) atoms. The first-order valence-corrected chi connectivity index (χ1v) is 5.30. The Morgan fingerprint density at radius 3 is 2.69 bits per heavy atom. The minimum absolute atomic E-state index is 0.0319. The van der Waals surface area contributed by atoms with Crippen molar-refractivity contribution in [1.29, 1.82) is 0 Å². The summed E-state index contributed by atoms with van der Waals surface area (Å²) < 4.78 is 0. The van der Waals surface area contributed by atoms with Crippen LogP contribution >= 0.6 is 0 Å². The van der Waals surface area contributed by atoms with Crippen LogP contribution in [0, 0.1) is 0 Å². The maximum absolute atomic E-state index is 10.9. The van der Waals surface area contributed by atoms with Crippen molar-refractivity contribution in [1.82, 2.24) is 0 Å². The summed E-state index contributed by atoms with van der Waals surface area (Å²) in [5, 5.41) is 28.1. The second kappa shape index (κ2) is 5.51. The van der Waals surface area contributed by atoms with Gasteiger partial charge >= 0.3 is 5.97 Å². The smallest absolute Gasteiger partial charge is 0.336 e. The van der Waals surface area contributed by atoms with E-state index in [9.17, 15) is 15.0 Å². The Kier molecular flexibility index (Phi) is 4.31. The number of carboxylic acids is 1. The molecule has 0 radical (unpaired) electrons. The molecule has 1 atom stereocenters. The van der Waals surface area contributed by atoms with Crippen LogP contribution in [0.25, 0.3) is 0 Å². The molecule has 0 aliphatic rings. The maximum Gasteiger partial charge on any atom is 0.336 e. The molecule has 0 saturated heterocycles. The average Bonchev–Trinajstić information content (AvgIpc) is 2.25. The number of hydrogen-bond donors (Lipinski definition) is 3. The van der Waals surface area contributed by atoms with Crippen molar-refractivity contribution in [2.24, 2.45) is 0 Å². The van der Waals surface area contributed by atoms with E-state index in [-0.39, 0.29) is 16.9 Å². The van der Waals surface area contributed by atoms with E-state index in [4.69, 9.17) is 5.11 Å². The van der Waals surface area contributed by atoms with E-state index in [1.165, 1.54) is 18.2 Å². The lowest BCUT2D eigenvalue weighted by Gasteiger charge is -2.13. The van der Waals surface area contributed by atoms with Gasteiger partial charge in [0.15, 0.2) is 0 Å². The predicted molar refractivity (Wildman–Crippen MR) is 59.6 cm³/mol. The number of benzene rings is 1. The van der Waals surface area contributed by atoms with Gasteiger partial charge < -0.3 is 15.3 Å². The van der Waals surface area contributed by atoms with Crippen LogP contribution in [0.15, 0.2) is 18.2 Å². The first kappa shape index (κ1) is 12.5. The summed E-state index contributed by atoms with van der Waals surface area (Å²) in [7, 11) is 0. The van der Waals surface area contributed by atoms with Gasteiger partial charge in [0.25, 0.3) is 0 Å². The second-order valence-corrected chi connectivity index (χ2v) is 3.73. The molecule has 1 aromatic carbocycles. The van der Waals surface area contributed by atoms with E-state index in [1.807, 2.05) is 6.92 Å². The van der Waals surface area contributed by atoms with Crippen LogP contribution in [0.2, 0.25) is 0 Å². The minimum Gasteiger partial charge on any atom is -0.508 e. The first-order valence-electron chi connectivity index (χ1n) is 5.30. The monoisotopic (exact) mass is 224 g/mol. The molecule has 0 aliphatic heterocycles. The fraction of sp³-hybridized carbons (Fsp3) is 0.417. The summed E-state index contributed by atoms with van der Waals surface area (Å²) >= 11 is 0. The molecule has 88 valence electrons. The molecule has 4 heteroatoms. The third kappa shape index (κ3) is 2.97. The zero-order chi connectivity index (χ0) is 12.1. The molecule has 0 heterocycles. The molecule has 0 aliphatic carbocycles. The van der Waals surface area contributed by atoms with E-state index in [2.05, 4.69) is 0 Å². The average molecular weight is 224 g/mol. The third-order valence-electron chi connectivity index (χ3n) is 2.46. The molecular weight excluding hydrogens is 208 g/mol. The molecule has 4 nitrogen and oxygen atoms in total. The molecular formula is C12H16O4. The van der Waals surface area contributed by atoms with E-state index in [1.54, 1.807) is 0 Å². The maximum atomic E-state index is 10.9. The zero-order valence-electron chi connectivity index (χ0n) is 9.18. The summed E-state index contributed by atoms with van der Waals surface area (Å²) in [6.07, 6.45) is 1.41. The van der Waals surface area contributed by atoms with E-state index in [0.717, 1.165) is 12.8 Å².